The lowest BCUT2D eigenvalue weighted by atomic mass is 9.96. The molecule has 0 aromatic rings. The number of rotatable bonds is 4. The van der Waals surface area contributed by atoms with Crippen LogP contribution in [0, 0.1) is 5.92 Å². The smallest absolute Gasteiger partial charge is 0.0362 e. The summed E-state index contributed by atoms with van der Waals surface area (Å²) in [6, 6.07) is 0.303. The first-order valence-electron chi connectivity index (χ1n) is 5.72. The summed E-state index contributed by atoms with van der Waals surface area (Å²) in [6.45, 7) is 4.37. The third kappa shape index (κ3) is 4.09. The Balaban J connectivity index is 2.29. The van der Waals surface area contributed by atoms with Crippen LogP contribution in [0.25, 0.3) is 0 Å². The van der Waals surface area contributed by atoms with E-state index in [9.17, 15) is 4.21 Å². The van der Waals surface area contributed by atoms with Gasteiger partial charge in [0.15, 0.2) is 0 Å². The van der Waals surface area contributed by atoms with Crippen LogP contribution in [-0.4, -0.2) is 21.3 Å². The van der Waals surface area contributed by atoms with Crippen molar-refractivity contribution < 1.29 is 4.21 Å². The highest BCUT2D eigenvalue weighted by molar-refractivity contribution is 7.85. The van der Waals surface area contributed by atoms with Gasteiger partial charge in [0.25, 0.3) is 0 Å². The van der Waals surface area contributed by atoms with E-state index in [0.29, 0.717) is 17.2 Å². The minimum atomic E-state index is -0.628. The molecule has 2 nitrogen and oxygen atoms in total. The number of hydrogen-bond acceptors (Lipinski definition) is 2. The van der Waals surface area contributed by atoms with Gasteiger partial charge in [-0.25, -0.2) is 0 Å². The Labute approximate surface area is 90.1 Å². The Kier molecular flexibility index (Phi) is 5.10. The predicted molar refractivity (Wildman–Crippen MR) is 62.7 cm³/mol. The predicted octanol–water partition coefficient (Wildman–Crippen LogP) is 2.05. The third-order valence-corrected chi connectivity index (χ3v) is 4.74. The molecule has 1 aliphatic carbocycles. The molecular weight excluding hydrogens is 194 g/mol. The Hall–Kier alpha value is 0.110. The average Bonchev–Trinajstić information content (AvgIpc) is 2.14. The Bertz CT molecular complexity index is 194. The van der Waals surface area contributed by atoms with Crippen molar-refractivity contribution in [2.45, 2.75) is 57.2 Å². The van der Waals surface area contributed by atoms with Crippen molar-refractivity contribution in [1.82, 2.24) is 0 Å². The average molecular weight is 217 g/mol. The first-order valence-corrected chi connectivity index (χ1v) is 7.10. The van der Waals surface area contributed by atoms with Crippen LogP contribution in [0.2, 0.25) is 0 Å². The Morgan fingerprint density at radius 1 is 1.43 bits per heavy atom. The molecule has 0 heterocycles. The molecule has 1 aliphatic rings. The fourth-order valence-corrected chi connectivity index (χ4v) is 3.87. The van der Waals surface area contributed by atoms with Crippen molar-refractivity contribution in [2.75, 3.05) is 5.75 Å². The Morgan fingerprint density at radius 3 is 2.71 bits per heavy atom. The van der Waals surface area contributed by atoms with Crippen molar-refractivity contribution in [2.24, 2.45) is 11.7 Å². The number of hydrogen-bond donors (Lipinski definition) is 1. The van der Waals surface area contributed by atoms with Crippen LogP contribution < -0.4 is 5.73 Å². The topological polar surface area (TPSA) is 43.1 Å². The normalized spacial score (nSPS) is 30.6. The SMILES string of the molecule is CC(C)CCS(=O)C1CCCC(N)C1. The first-order chi connectivity index (χ1) is 6.59. The number of nitrogens with two attached hydrogens (primary N) is 1. The van der Waals surface area contributed by atoms with E-state index in [-0.39, 0.29) is 0 Å². The molecule has 0 aromatic carbocycles. The van der Waals surface area contributed by atoms with E-state index in [1.165, 1.54) is 6.42 Å². The molecule has 14 heavy (non-hydrogen) atoms. The van der Waals surface area contributed by atoms with Crippen molar-refractivity contribution in [3.8, 4) is 0 Å². The van der Waals surface area contributed by atoms with Crippen molar-refractivity contribution >= 4 is 10.8 Å². The van der Waals surface area contributed by atoms with Gasteiger partial charge in [-0.05, 0) is 31.6 Å². The maximum atomic E-state index is 11.9. The molecule has 84 valence electrons. The highest BCUT2D eigenvalue weighted by Crippen LogP contribution is 2.22. The van der Waals surface area contributed by atoms with Crippen LogP contribution in [-0.2, 0) is 10.8 Å². The van der Waals surface area contributed by atoms with Crippen molar-refractivity contribution in [3.63, 3.8) is 0 Å². The summed E-state index contributed by atoms with van der Waals surface area (Å²) in [4.78, 5) is 0. The van der Waals surface area contributed by atoms with Gasteiger partial charge in [-0.1, -0.05) is 20.3 Å². The zero-order chi connectivity index (χ0) is 10.6. The van der Waals surface area contributed by atoms with Gasteiger partial charge in [0.05, 0.1) is 0 Å². The maximum absolute atomic E-state index is 11.9. The molecule has 3 atom stereocenters. The molecule has 0 saturated heterocycles. The van der Waals surface area contributed by atoms with E-state index >= 15 is 0 Å². The van der Waals surface area contributed by atoms with E-state index in [2.05, 4.69) is 13.8 Å². The zero-order valence-corrected chi connectivity index (χ0v) is 10.2. The third-order valence-electron chi connectivity index (χ3n) is 2.93. The largest absolute Gasteiger partial charge is 0.328 e. The molecule has 0 aliphatic heterocycles. The molecular formula is C11H23NOS. The molecule has 0 spiro atoms. The van der Waals surface area contributed by atoms with Crippen LogP contribution in [0.15, 0.2) is 0 Å². The van der Waals surface area contributed by atoms with Gasteiger partial charge in [0.2, 0.25) is 0 Å². The lowest BCUT2D eigenvalue weighted by Gasteiger charge is -2.26. The quantitative estimate of drug-likeness (QED) is 0.783. The minimum absolute atomic E-state index is 0.303. The fraction of sp³-hybridized carbons (Fsp3) is 1.00. The summed E-state index contributed by atoms with van der Waals surface area (Å²) in [5.74, 6) is 1.53. The molecule has 3 unspecified atom stereocenters. The van der Waals surface area contributed by atoms with Gasteiger partial charge in [-0.3, -0.25) is 4.21 Å². The fourth-order valence-electron chi connectivity index (χ4n) is 1.94. The van der Waals surface area contributed by atoms with Crippen LogP contribution in [0.3, 0.4) is 0 Å². The van der Waals surface area contributed by atoms with E-state index in [4.69, 9.17) is 5.73 Å². The Morgan fingerprint density at radius 2 is 2.14 bits per heavy atom. The lowest BCUT2D eigenvalue weighted by molar-refractivity contribution is 0.443. The van der Waals surface area contributed by atoms with Crippen molar-refractivity contribution in [3.05, 3.63) is 0 Å². The van der Waals surface area contributed by atoms with Gasteiger partial charge < -0.3 is 5.73 Å². The first kappa shape index (κ1) is 12.2. The van der Waals surface area contributed by atoms with Crippen molar-refractivity contribution in [1.29, 1.82) is 0 Å². The summed E-state index contributed by atoms with van der Waals surface area (Å²) in [6.07, 6.45) is 5.47. The van der Waals surface area contributed by atoms with Gasteiger partial charge in [0, 0.05) is 27.8 Å². The highest BCUT2D eigenvalue weighted by atomic mass is 32.2. The van der Waals surface area contributed by atoms with Crippen LogP contribution in [0.1, 0.15) is 46.0 Å². The monoisotopic (exact) mass is 217 g/mol. The van der Waals surface area contributed by atoms with Gasteiger partial charge in [-0.2, -0.15) is 0 Å². The molecule has 0 radical (unpaired) electrons. The molecule has 3 heteroatoms. The van der Waals surface area contributed by atoms with Crippen LogP contribution in [0.5, 0.6) is 0 Å². The molecule has 1 fully saturated rings. The van der Waals surface area contributed by atoms with Crippen LogP contribution >= 0.6 is 0 Å². The molecule has 2 N–H and O–H groups in total. The van der Waals surface area contributed by atoms with Gasteiger partial charge in [0.1, 0.15) is 0 Å². The summed E-state index contributed by atoms with van der Waals surface area (Å²) in [5, 5.41) is 0.387. The summed E-state index contributed by atoms with van der Waals surface area (Å²) < 4.78 is 11.9. The van der Waals surface area contributed by atoms with E-state index in [0.717, 1.165) is 31.4 Å². The van der Waals surface area contributed by atoms with E-state index in [1.54, 1.807) is 0 Å². The second kappa shape index (κ2) is 5.86. The van der Waals surface area contributed by atoms with Gasteiger partial charge >= 0.3 is 0 Å². The standard InChI is InChI=1S/C11H23NOS/c1-9(2)6-7-14(13)11-5-3-4-10(12)8-11/h9-11H,3-8,12H2,1-2H3. The summed E-state index contributed by atoms with van der Waals surface area (Å²) in [7, 11) is -0.628. The molecule has 0 aromatic heterocycles. The molecule has 0 bridgehead atoms. The molecule has 1 saturated carbocycles. The second-order valence-corrected chi connectivity index (χ2v) is 6.65. The van der Waals surface area contributed by atoms with E-state index in [1.807, 2.05) is 0 Å². The van der Waals surface area contributed by atoms with Gasteiger partial charge in [-0.15, -0.1) is 0 Å². The van der Waals surface area contributed by atoms with E-state index < -0.39 is 10.8 Å². The summed E-state index contributed by atoms with van der Waals surface area (Å²) in [5.41, 5.74) is 5.88. The minimum Gasteiger partial charge on any atom is -0.328 e. The maximum Gasteiger partial charge on any atom is 0.0362 e. The van der Waals surface area contributed by atoms with Crippen LogP contribution in [0.4, 0.5) is 0 Å². The highest BCUT2D eigenvalue weighted by Gasteiger charge is 2.23. The summed E-state index contributed by atoms with van der Waals surface area (Å²) >= 11 is 0. The zero-order valence-electron chi connectivity index (χ0n) is 9.37. The molecule has 1 rings (SSSR count). The second-order valence-electron chi connectivity index (χ2n) is 4.82. The lowest BCUT2D eigenvalue weighted by Crippen LogP contribution is -2.33. The molecule has 0 amide bonds.